The van der Waals surface area contributed by atoms with E-state index in [9.17, 15) is 0 Å². The summed E-state index contributed by atoms with van der Waals surface area (Å²) in [5, 5.41) is 6.78. The van der Waals surface area contributed by atoms with Crippen molar-refractivity contribution in [3.8, 4) is 0 Å². The van der Waals surface area contributed by atoms with Gasteiger partial charge in [0.15, 0.2) is 5.96 Å². The fourth-order valence-electron chi connectivity index (χ4n) is 3.16. The molecule has 0 fully saturated rings. The molecule has 1 aliphatic heterocycles. The average Bonchev–Trinajstić information content (AvgIpc) is 2.66. The maximum Gasteiger partial charge on any atom is 0.190 e. The largest absolute Gasteiger partial charge is 0.382 e. The topological polar surface area (TPSA) is 48.9 Å². The van der Waals surface area contributed by atoms with E-state index in [0.717, 1.165) is 64.6 Å². The highest BCUT2D eigenvalue weighted by Gasteiger charge is 2.14. The summed E-state index contributed by atoms with van der Waals surface area (Å²) in [5.74, 6) is 0.903. The van der Waals surface area contributed by atoms with E-state index < -0.39 is 0 Å². The molecule has 1 aliphatic rings. The van der Waals surface area contributed by atoms with Crippen molar-refractivity contribution in [1.29, 1.82) is 0 Å². The first-order valence-electron chi connectivity index (χ1n) is 9.65. The second kappa shape index (κ2) is 14.2. The summed E-state index contributed by atoms with van der Waals surface area (Å²) in [6.07, 6.45) is 4.50. The summed E-state index contributed by atoms with van der Waals surface area (Å²) in [6.45, 7) is 8.97. The number of aliphatic imine (C=N–C) groups is 1. The molecule has 1 heterocycles. The third-order valence-electron chi connectivity index (χ3n) is 4.59. The molecule has 0 saturated heterocycles. The van der Waals surface area contributed by atoms with Gasteiger partial charge in [-0.25, -0.2) is 0 Å². The van der Waals surface area contributed by atoms with Crippen LogP contribution in [0.3, 0.4) is 0 Å². The van der Waals surface area contributed by atoms with Gasteiger partial charge < -0.3 is 15.4 Å². The first-order valence-corrected chi connectivity index (χ1v) is 9.65. The lowest BCUT2D eigenvalue weighted by atomic mass is 10.00. The summed E-state index contributed by atoms with van der Waals surface area (Å²) in [7, 11) is 1.83. The predicted molar refractivity (Wildman–Crippen MR) is 121 cm³/mol. The number of nitrogens with zero attached hydrogens (tertiary/aromatic N) is 2. The maximum absolute atomic E-state index is 5.35. The number of halogens is 1. The van der Waals surface area contributed by atoms with E-state index in [4.69, 9.17) is 4.74 Å². The Bertz CT molecular complexity index is 524. The van der Waals surface area contributed by atoms with Crippen molar-refractivity contribution < 1.29 is 4.74 Å². The monoisotopic (exact) mass is 474 g/mol. The van der Waals surface area contributed by atoms with Crippen molar-refractivity contribution in [1.82, 2.24) is 15.5 Å². The maximum atomic E-state index is 5.35. The van der Waals surface area contributed by atoms with Crippen LogP contribution >= 0.6 is 24.0 Å². The Morgan fingerprint density at radius 2 is 1.85 bits per heavy atom. The molecule has 0 atom stereocenters. The fraction of sp³-hybridized carbons (Fsp3) is 0.650. The van der Waals surface area contributed by atoms with Crippen LogP contribution in [-0.4, -0.2) is 57.3 Å². The van der Waals surface area contributed by atoms with Gasteiger partial charge in [0.1, 0.15) is 0 Å². The van der Waals surface area contributed by atoms with E-state index in [1.54, 1.807) is 0 Å². The standard InChI is InChI=1S/C20H34N4O.HI/c1-3-25-16-7-6-12-22-20(21-2)23-13-8-14-24-15-11-18-9-4-5-10-19(18)17-24;/h4-5,9-10H,3,6-8,11-17H2,1-2H3,(H2,21,22,23);1H. The van der Waals surface area contributed by atoms with Crippen LogP contribution in [0.1, 0.15) is 37.3 Å². The third kappa shape index (κ3) is 8.68. The normalized spacial score (nSPS) is 14.5. The van der Waals surface area contributed by atoms with Gasteiger partial charge in [-0.3, -0.25) is 9.89 Å². The molecule has 0 aromatic heterocycles. The number of ether oxygens (including phenoxy) is 1. The quantitative estimate of drug-likeness (QED) is 0.237. The molecular formula is C20H35IN4O. The van der Waals surface area contributed by atoms with Gasteiger partial charge in [0.25, 0.3) is 0 Å². The van der Waals surface area contributed by atoms with Crippen molar-refractivity contribution >= 4 is 29.9 Å². The summed E-state index contributed by atoms with van der Waals surface area (Å²) < 4.78 is 5.35. The number of guanidine groups is 1. The van der Waals surface area contributed by atoms with E-state index in [0.29, 0.717) is 0 Å². The molecule has 26 heavy (non-hydrogen) atoms. The third-order valence-corrected chi connectivity index (χ3v) is 4.59. The molecule has 2 rings (SSSR count). The zero-order valence-electron chi connectivity index (χ0n) is 16.3. The number of hydrogen-bond acceptors (Lipinski definition) is 3. The molecule has 0 radical (unpaired) electrons. The zero-order valence-corrected chi connectivity index (χ0v) is 18.6. The van der Waals surface area contributed by atoms with Gasteiger partial charge >= 0.3 is 0 Å². The Balaban J connectivity index is 0.00000338. The van der Waals surface area contributed by atoms with Gasteiger partial charge in [-0.05, 0) is 43.7 Å². The fourth-order valence-corrected chi connectivity index (χ4v) is 3.16. The van der Waals surface area contributed by atoms with Crippen molar-refractivity contribution in [3.05, 3.63) is 35.4 Å². The smallest absolute Gasteiger partial charge is 0.190 e. The van der Waals surface area contributed by atoms with Gasteiger partial charge in [-0.1, -0.05) is 24.3 Å². The molecule has 0 unspecified atom stereocenters. The molecule has 0 amide bonds. The summed E-state index contributed by atoms with van der Waals surface area (Å²) in [4.78, 5) is 6.84. The lowest BCUT2D eigenvalue weighted by molar-refractivity contribution is 0.143. The van der Waals surface area contributed by atoms with Crippen LogP contribution in [0.5, 0.6) is 0 Å². The Morgan fingerprint density at radius 1 is 1.12 bits per heavy atom. The molecule has 1 aromatic rings. The van der Waals surface area contributed by atoms with Crippen molar-refractivity contribution in [2.45, 2.75) is 39.2 Å². The first kappa shape index (κ1) is 23.2. The van der Waals surface area contributed by atoms with Crippen molar-refractivity contribution in [3.63, 3.8) is 0 Å². The highest BCUT2D eigenvalue weighted by molar-refractivity contribution is 14.0. The minimum atomic E-state index is 0. The number of nitrogens with one attached hydrogen (secondary N) is 2. The highest BCUT2D eigenvalue weighted by atomic mass is 127. The van der Waals surface area contributed by atoms with Gasteiger partial charge in [0.2, 0.25) is 0 Å². The second-order valence-corrected chi connectivity index (χ2v) is 6.48. The number of rotatable bonds is 10. The summed E-state index contributed by atoms with van der Waals surface area (Å²) >= 11 is 0. The zero-order chi connectivity index (χ0) is 17.7. The molecular weight excluding hydrogens is 439 g/mol. The van der Waals surface area contributed by atoms with E-state index in [-0.39, 0.29) is 24.0 Å². The molecule has 6 heteroatoms. The van der Waals surface area contributed by atoms with E-state index in [2.05, 4.69) is 44.8 Å². The lowest BCUT2D eigenvalue weighted by Crippen LogP contribution is -2.39. The average molecular weight is 474 g/mol. The highest BCUT2D eigenvalue weighted by Crippen LogP contribution is 2.18. The molecule has 5 nitrogen and oxygen atoms in total. The van der Waals surface area contributed by atoms with Gasteiger partial charge in [-0.2, -0.15) is 0 Å². The molecule has 0 spiro atoms. The minimum absolute atomic E-state index is 0. The van der Waals surface area contributed by atoms with Crippen LogP contribution in [0.4, 0.5) is 0 Å². The van der Waals surface area contributed by atoms with Crippen LogP contribution in [0.15, 0.2) is 29.3 Å². The van der Waals surface area contributed by atoms with Crippen LogP contribution in [0.25, 0.3) is 0 Å². The Kier molecular flexibility index (Phi) is 12.7. The van der Waals surface area contributed by atoms with Crippen LogP contribution < -0.4 is 10.6 Å². The molecule has 148 valence electrons. The Labute approximate surface area is 176 Å². The Hall–Kier alpha value is -0.860. The first-order chi connectivity index (χ1) is 12.3. The van der Waals surface area contributed by atoms with Crippen LogP contribution in [0, 0.1) is 0 Å². The molecule has 0 bridgehead atoms. The van der Waals surface area contributed by atoms with Crippen LogP contribution in [0.2, 0.25) is 0 Å². The molecule has 2 N–H and O–H groups in total. The van der Waals surface area contributed by atoms with Crippen molar-refractivity contribution in [2.75, 3.05) is 46.4 Å². The van der Waals surface area contributed by atoms with Crippen molar-refractivity contribution in [2.24, 2.45) is 4.99 Å². The molecule has 1 aromatic carbocycles. The van der Waals surface area contributed by atoms with Gasteiger partial charge in [-0.15, -0.1) is 24.0 Å². The van der Waals surface area contributed by atoms with Gasteiger partial charge in [0, 0.05) is 53.0 Å². The SMILES string of the molecule is CCOCCCCNC(=NC)NCCCN1CCc2ccccc2C1.I. The lowest BCUT2D eigenvalue weighted by Gasteiger charge is -2.28. The minimum Gasteiger partial charge on any atom is -0.382 e. The number of hydrogen-bond donors (Lipinski definition) is 2. The van der Waals surface area contributed by atoms with E-state index in [1.165, 1.54) is 24.1 Å². The number of fused-ring (bicyclic) bond motifs is 1. The van der Waals surface area contributed by atoms with E-state index in [1.807, 2.05) is 14.0 Å². The summed E-state index contributed by atoms with van der Waals surface area (Å²) in [5.41, 5.74) is 3.01. The number of unbranched alkanes of at least 4 members (excludes halogenated alkanes) is 1. The van der Waals surface area contributed by atoms with Gasteiger partial charge in [0.05, 0.1) is 0 Å². The number of benzene rings is 1. The predicted octanol–water partition coefficient (Wildman–Crippen LogP) is 3.03. The second-order valence-electron chi connectivity index (χ2n) is 6.48. The van der Waals surface area contributed by atoms with E-state index >= 15 is 0 Å². The molecule has 0 aliphatic carbocycles. The Morgan fingerprint density at radius 3 is 2.58 bits per heavy atom. The molecule has 0 saturated carbocycles. The summed E-state index contributed by atoms with van der Waals surface area (Å²) in [6, 6.07) is 8.82. The van der Waals surface area contributed by atoms with Crippen LogP contribution in [-0.2, 0) is 17.7 Å².